The molecule has 19 heavy (non-hydrogen) atoms. The molecule has 4 heteroatoms. The van der Waals surface area contributed by atoms with Crippen molar-refractivity contribution in [2.75, 3.05) is 39.0 Å². The van der Waals surface area contributed by atoms with Gasteiger partial charge in [-0.1, -0.05) is 17.7 Å². The number of rotatable bonds is 8. The minimum atomic E-state index is 0.0106. The second-order valence-corrected chi connectivity index (χ2v) is 5.10. The molecular weight excluding hydrogens is 238 g/mol. The van der Waals surface area contributed by atoms with Crippen molar-refractivity contribution in [1.82, 2.24) is 10.2 Å². The Hall–Kier alpha value is -1.39. The van der Waals surface area contributed by atoms with E-state index in [0.29, 0.717) is 6.54 Å². The highest BCUT2D eigenvalue weighted by Gasteiger charge is 2.01. The van der Waals surface area contributed by atoms with E-state index < -0.39 is 0 Å². The third kappa shape index (κ3) is 7.59. The van der Waals surface area contributed by atoms with Gasteiger partial charge in [-0.15, -0.1) is 0 Å². The summed E-state index contributed by atoms with van der Waals surface area (Å²) >= 11 is 0. The van der Waals surface area contributed by atoms with E-state index in [-0.39, 0.29) is 5.91 Å². The summed E-state index contributed by atoms with van der Waals surface area (Å²) in [4.78, 5) is 13.8. The number of nitrogens with one attached hydrogen (secondary N) is 2. The first-order chi connectivity index (χ1) is 9.08. The molecule has 0 fully saturated rings. The largest absolute Gasteiger partial charge is 0.325 e. The maximum Gasteiger partial charge on any atom is 0.238 e. The van der Waals surface area contributed by atoms with Crippen molar-refractivity contribution in [3.63, 3.8) is 0 Å². The number of hydrogen-bond donors (Lipinski definition) is 2. The summed E-state index contributed by atoms with van der Waals surface area (Å²) in [6.45, 7) is 4.38. The number of anilines is 1. The van der Waals surface area contributed by atoms with Crippen molar-refractivity contribution in [2.24, 2.45) is 0 Å². The predicted octanol–water partition coefficient (Wildman–Crippen LogP) is 1.86. The number of aryl methyl sites for hydroxylation is 1. The molecular formula is C15H25N3O. The monoisotopic (exact) mass is 263 g/mol. The lowest BCUT2D eigenvalue weighted by atomic mass is 10.2. The van der Waals surface area contributed by atoms with Crippen LogP contribution in [0.5, 0.6) is 0 Å². The lowest BCUT2D eigenvalue weighted by Gasteiger charge is -2.09. The van der Waals surface area contributed by atoms with Crippen LogP contribution in [0.1, 0.15) is 18.4 Å². The standard InChI is InChI=1S/C15H25N3O/c1-13-6-8-14(9-7-13)17-15(19)12-16-10-4-5-11-18(2)3/h6-9,16H,4-5,10-12H2,1-3H3,(H,17,19). The van der Waals surface area contributed by atoms with Gasteiger partial charge in [0.1, 0.15) is 0 Å². The van der Waals surface area contributed by atoms with Crippen molar-refractivity contribution in [3.05, 3.63) is 29.8 Å². The molecule has 1 aromatic rings. The van der Waals surface area contributed by atoms with Crippen molar-refractivity contribution in [2.45, 2.75) is 19.8 Å². The summed E-state index contributed by atoms with van der Waals surface area (Å²) in [5.41, 5.74) is 2.04. The van der Waals surface area contributed by atoms with Gasteiger partial charge in [-0.05, 0) is 59.1 Å². The molecule has 0 aliphatic carbocycles. The van der Waals surface area contributed by atoms with Crippen LogP contribution in [-0.2, 0) is 4.79 Å². The lowest BCUT2D eigenvalue weighted by Crippen LogP contribution is -2.29. The van der Waals surface area contributed by atoms with E-state index in [1.807, 2.05) is 31.2 Å². The Labute approximate surface area is 116 Å². The number of benzene rings is 1. The smallest absolute Gasteiger partial charge is 0.238 e. The zero-order valence-corrected chi connectivity index (χ0v) is 12.2. The first-order valence-corrected chi connectivity index (χ1v) is 6.80. The van der Waals surface area contributed by atoms with Gasteiger partial charge in [0.05, 0.1) is 6.54 Å². The van der Waals surface area contributed by atoms with Crippen molar-refractivity contribution in [3.8, 4) is 0 Å². The molecule has 106 valence electrons. The van der Waals surface area contributed by atoms with Gasteiger partial charge in [-0.25, -0.2) is 0 Å². The zero-order chi connectivity index (χ0) is 14.1. The van der Waals surface area contributed by atoms with Crippen LogP contribution in [0.3, 0.4) is 0 Å². The Kier molecular flexibility index (Phi) is 7.15. The van der Waals surface area contributed by atoms with Crippen LogP contribution in [0, 0.1) is 6.92 Å². The van der Waals surface area contributed by atoms with Crippen LogP contribution in [0.25, 0.3) is 0 Å². The van der Waals surface area contributed by atoms with Gasteiger partial charge in [-0.3, -0.25) is 4.79 Å². The van der Waals surface area contributed by atoms with Crippen LogP contribution >= 0.6 is 0 Å². The van der Waals surface area contributed by atoms with Gasteiger partial charge < -0.3 is 15.5 Å². The maximum absolute atomic E-state index is 11.7. The Morgan fingerprint density at radius 3 is 2.47 bits per heavy atom. The van der Waals surface area contributed by atoms with Crippen molar-refractivity contribution >= 4 is 11.6 Å². The first-order valence-electron chi connectivity index (χ1n) is 6.80. The Balaban J connectivity index is 2.09. The lowest BCUT2D eigenvalue weighted by molar-refractivity contribution is -0.115. The van der Waals surface area contributed by atoms with Gasteiger partial charge in [0.25, 0.3) is 0 Å². The molecule has 0 bridgehead atoms. The molecule has 0 heterocycles. The van der Waals surface area contributed by atoms with Crippen molar-refractivity contribution < 1.29 is 4.79 Å². The highest BCUT2D eigenvalue weighted by atomic mass is 16.1. The van der Waals surface area contributed by atoms with Crippen LogP contribution < -0.4 is 10.6 Å². The normalized spacial score (nSPS) is 10.7. The Bertz CT molecular complexity index is 373. The minimum absolute atomic E-state index is 0.0106. The third-order valence-corrected chi connectivity index (χ3v) is 2.83. The number of carbonyl (C=O) groups is 1. The molecule has 0 saturated heterocycles. The zero-order valence-electron chi connectivity index (χ0n) is 12.2. The molecule has 0 radical (unpaired) electrons. The Morgan fingerprint density at radius 2 is 1.84 bits per heavy atom. The molecule has 1 rings (SSSR count). The van der Waals surface area contributed by atoms with Crippen LogP contribution in [0.2, 0.25) is 0 Å². The molecule has 0 unspecified atom stereocenters. The summed E-state index contributed by atoms with van der Waals surface area (Å²) in [6.07, 6.45) is 2.25. The molecule has 0 saturated carbocycles. The maximum atomic E-state index is 11.7. The molecule has 0 aliphatic rings. The van der Waals surface area contributed by atoms with Gasteiger partial charge in [0.2, 0.25) is 5.91 Å². The van der Waals surface area contributed by atoms with Gasteiger partial charge >= 0.3 is 0 Å². The molecule has 1 amide bonds. The predicted molar refractivity (Wildman–Crippen MR) is 80.5 cm³/mol. The molecule has 1 aromatic carbocycles. The summed E-state index contributed by atoms with van der Waals surface area (Å²) in [5, 5.41) is 6.03. The fraction of sp³-hybridized carbons (Fsp3) is 0.533. The quantitative estimate of drug-likeness (QED) is 0.704. The molecule has 4 nitrogen and oxygen atoms in total. The molecule has 0 spiro atoms. The summed E-state index contributed by atoms with van der Waals surface area (Å²) in [5.74, 6) is 0.0106. The van der Waals surface area contributed by atoms with E-state index >= 15 is 0 Å². The molecule has 0 aliphatic heterocycles. The number of carbonyl (C=O) groups excluding carboxylic acids is 1. The Morgan fingerprint density at radius 1 is 1.16 bits per heavy atom. The van der Waals surface area contributed by atoms with Gasteiger partial charge in [-0.2, -0.15) is 0 Å². The average Bonchev–Trinajstić information content (AvgIpc) is 2.36. The van der Waals surface area contributed by atoms with E-state index in [9.17, 15) is 4.79 Å². The van der Waals surface area contributed by atoms with E-state index in [1.54, 1.807) is 0 Å². The van der Waals surface area contributed by atoms with Gasteiger partial charge in [0, 0.05) is 5.69 Å². The van der Waals surface area contributed by atoms with E-state index in [2.05, 4.69) is 29.6 Å². The highest BCUT2D eigenvalue weighted by Crippen LogP contribution is 2.07. The number of amides is 1. The van der Waals surface area contributed by atoms with E-state index in [0.717, 1.165) is 31.6 Å². The van der Waals surface area contributed by atoms with Gasteiger partial charge in [0.15, 0.2) is 0 Å². The second kappa shape index (κ2) is 8.67. The second-order valence-electron chi connectivity index (χ2n) is 5.10. The molecule has 2 N–H and O–H groups in total. The fourth-order valence-corrected chi connectivity index (χ4v) is 1.72. The van der Waals surface area contributed by atoms with Crippen LogP contribution in [0.15, 0.2) is 24.3 Å². The molecule has 0 aromatic heterocycles. The third-order valence-electron chi connectivity index (χ3n) is 2.83. The van der Waals surface area contributed by atoms with Crippen molar-refractivity contribution in [1.29, 1.82) is 0 Å². The fourth-order valence-electron chi connectivity index (χ4n) is 1.72. The first kappa shape index (κ1) is 15.7. The minimum Gasteiger partial charge on any atom is -0.325 e. The SMILES string of the molecule is Cc1ccc(NC(=O)CNCCCCN(C)C)cc1. The van der Waals surface area contributed by atoms with E-state index in [1.165, 1.54) is 5.56 Å². The van der Waals surface area contributed by atoms with Crippen LogP contribution in [0.4, 0.5) is 5.69 Å². The highest BCUT2D eigenvalue weighted by molar-refractivity contribution is 5.92. The van der Waals surface area contributed by atoms with E-state index in [4.69, 9.17) is 0 Å². The summed E-state index contributed by atoms with van der Waals surface area (Å²) in [7, 11) is 4.14. The average molecular weight is 263 g/mol. The summed E-state index contributed by atoms with van der Waals surface area (Å²) < 4.78 is 0. The number of unbranched alkanes of at least 4 members (excludes halogenated alkanes) is 1. The van der Waals surface area contributed by atoms with Crippen LogP contribution in [-0.4, -0.2) is 44.5 Å². The molecule has 0 atom stereocenters. The topological polar surface area (TPSA) is 44.4 Å². The number of nitrogens with zero attached hydrogens (tertiary/aromatic N) is 1. The summed E-state index contributed by atoms with van der Waals surface area (Å²) in [6, 6.07) is 7.82. The number of hydrogen-bond acceptors (Lipinski definition) is 3.